The van der Waals surface area contributed by atoms with E-state index in [2.05, 4.69) is 17.1 Å². The van der Waals surface area contributed by atoms with E-state index in [0.29, 0.717) is 18.2 Å². The van der Waals surface area contributed by atoms with Crippen LogP contribution in [-0.4, -0.2) is 15.9 Å². The summed E-state index contributed by atoms with van der Waals surface area (Å²) in [6.07, 6.45) is 9.58. The number of hydrogen-bond donors (Lipinski definition) is 0. The number of ketones is 1. The predicted octanol–water partition coefficient (Wildman–Crippen LogP) is 3.67. The van der Waals surface area contributed by atoms with Crippen molar-refractivity contribution in [2.24, 2.45) is 11.8 Å². The zero-order chi connectivity index (χ0) is 13.9. The third-order valence-electron chi connectivity index (χ3n) is 5.00. The number of carbonyl (C=O) groups excluding carboxylic acids is 1. The Hall–Kier alpha value is -1.19. The molecule has 4 nitrogen and oxygen atoms in total. The second-order valence-electron chi connectivity index (χ2n) is 6.63. The molecule has 2 aliphatic rings. The Bertz CT molecular complexity index is 455. The molecule has 0 radical (unpaired) electrons. The van der Waals surface area contributed by atoms with Crippen LogP contribution in [0.15, 0.2) is 4.52 Å². The minimum atomic E-state index is 0.237. The lowest BCUT2D eigenvalue weighted by Gasteiger charge is -2.23. The van der Waals surface area contributed by atoms with E-state index < -0.39 is 0 Å². The van der Waals surface area contributed by atoms with E-state index in [4.69, 9.17) is 4.52 Å². The van der Waals surface area contributed by atoms with E-state index in [1.165, 1.54) is 25.7 Å². The lowest BCUT2D eigenvalue weighted by atomic mass is 9.83. The van der Waals surface area contributed by atoms with Crippen LogP contribution in [-0.2, 0) is 11.2 Å². The number of carbonyl (C=O) groups is 1. The summed E-state index contributed by atoms with van der Waals surface area (Å²) < 4.78 is 5.29. The van der Waals surface area contributed by atoms with E-state index in [-0.39, 0.29) is 11.7 Å². The number of Topliss-reactive ketones (excluding diaryl/α,β-unsaturated/α-hetero) is 1. The van der Waals surface area contributed by atoms with Crippen LogP contribution < -0.4 is 0 Å². The SMILES string of the molecule is CC1CCC(c2noc(CC(=O)C3CCCC3)n2)CC1. The third kappa shape index (κ3) is 3.10. The Kier molecular flexibility index (Phi) is 4.18. The minimum absolute atomic E-state index is 0.237. The highest BCUT2D eigenvalue weighted by molar-refractivity contribution is 5.82. The standard InChI is InChI=1S/C16H24N2O2/c1-11-6-8-13(9-7-11)16-17-15(20-18-16)10-14(19)12-4-2-3-5-12/h11-13H,2-10H2,1H3. The molecule has 0 aliphatic heterocycles. The summed E-state index contributed by atoms with van der Waals surface area (Å²) in [5, 5.41) is 4.11. The molecule has 4 heteroatoms. The molecule has 2 fully saturated rings. The molecule has 0 aromatic carbocycles. The van der Waals surface area contributed by atoms with Gasteiger partial charge < -0.3 is 4.52 Å². The van der Waals surface area contributed by atoms with Gasteiger partial charge in [0.25, 0.3) is 0 Å². The fraction of sp³-hybridized carbons (Fsp3) is 0.812. The molecule has 0 amide bonds. The van der Waals surface area contributed by atoms with Crippen LogP contribution in [0.25, 0.3) is 0 Å². The van der Waals surface area contributed by atoms with Gasteiger partial charge in [-0.15, -0.1) is 0 Å². The van der Waals surface area contributed by atoms with Gasteiger partial charge in [0.05, 0.1) is 6.42 Å². The van der Waals surface area contributed by atoms with Crippen molar-refractivity contribution in [3.63, 3.8) is 0 Å². The highest BCUT2D eigenvalue weighted by Gasteiger charge is 2.27. The summed E-state index contributed by atoms with van der Waals surface area (Å²) in [6.45, 7) is 2.30. The predicted molar refractivity (Wildman–Crippen MR) is 75.3 cm³/mol. The van der Waals surface area contributed by atoms with Crippen LogP contribution in [0.1, 0.15) is 75.9 Å². The first-order valence-corrected chi connectivity index (χ1v) is 8.07. The molecule has 0 atom stereocenters. The molecule has 0 bridgehead atoms. The fourth-order valence-electron chi connectivity index (χ4n) is 3.57. The average Bonchev–Trinajstić information content (AvgIpc) is 3.10. The summed E-state index contributed by atoms with van der Waals surface area (Å²) in [5.74, 6) is 3.13. The number of hydrogen-bond acceptors (Lipinski definition) is 4. The van der Waals surface area contributed by atoms with Gasteiger partial charge in [0.2, 0.25) is 5.89 Å². The van der Waals surface area contributed by atoms with Gasteiger partial charge in [0.1, 0.15) is 5.78 Å². The maximum absolute atomic E-state index is 12.1. The highest BCUT2D eigenvalue weighted by atomic mass is 16.5. The number of rotatable bonds is 4. The Morgan fingerprint density at radius 2 is 1.85 bits per heavy atom. The first-order chi connectivity index (χ1) is 9.72. The Balaban J connectivity index is 1.57. The number of nitrogens with zero attached hydrogens (tertiary/aromatic N) is 2. The monoisotopic (exact) mass is 276 g/mol. The van der Waals surface area contributed by atoms with Gasteiger partial charge in [-0.1, -0.05) is 37.8 Å². The van der Waals surface area contributed by atoms with E-state index in [9.17, 15) is 4.79 Å². The second kappa shape index (κ2) is 6.06. The Labute approximate surface area is 120 Å². The van der Waals surface area contributed by atoms with Gasteiger partial charge in [-0.05, 0) is 31.6 Å². The van der Waals surface area contributed by atoms with Crippen LogP contribution in [0.5, 0.6) is 0 Å². The van der Waals surface area contributed by atoms with Crippen molar-refractivity contribution in [3.8, 4) is 0 Å². The number of aromatic nitrogens is 2. The zero-order valence-electron chi connectivity index (χ0n) is 12.3. The molecule has 2 aliphatic carbocycles. The quantitative estimate of drug-likeness (QED) is 0.842. The molecule has 0 N–H and O–H groups in total. The molecular formula is C16H24N2O2. The van der Waals surface area contributed by atoms with Crippen molar-refractivity contribution in [2.45, 2.75) is 70.6 Å². The van der Waals surface area contributed by atoms with Crippen molar-refractivity contribution >= 4 is 5.78 Å². The average molecular weight is 276 g/mol. The topological polar surface area (TPSA) is 56.0 Å². The van der Waals surface area contributed by atoms with E-state index >= 15 is 0 Å². The normalized spacial score (nSPS) is 27.9. The molecule has 0 spiro atoms. The molecule has 0 unspecified atom stereocenters. The zero-order valence-corrected chi connectivity index (χ0v) is 12.3. The van der Waals surface area contributed by atoms with Gasteiger partial charge in [-0.25, -0.2) is 0 Å². The lowest BCUT2D eigenvalue weighted by molar-refractivity contribution is -0.122. The van der Waals surface area contributed by atoms with Crippen molar-refractivity contribution in [3.05, 3.63) is 11.7 Å². The molecule has 0 saturated heterocycles. The summed E-state index contributed by atoms with van der Waals surface area (Å²) in [4.78, 5) is 16.6. The van der Waals surface area contributed by atoms with Crippen LogP contribution in [0.4, 0.5) is 0 Å². The lowest BCUT2D eigenvalue weighted by Crippen LogP contribution is -2.14. The van der Waals surface area contributed by atoms with Crippen molar-refractivity contribution in [2.75, 3.05) is 0 Å². The van der Waals surface area contributed by atoms with E-state index in [1.807, 2.05) is 0 Å². The molecule has 2 saturated carbocycles. The van der Waals surface area contributed by atoms with Gasteiger partial charge in [0.15, 0.2) is 5.82 Å². The largest absolute Gasteiger partial charge is 0.339 e. The first-order valence-electron chi connectivity index (χ1n) is 8.07. The summed E-state index contributed by atoms with van der Waals surface area (Å²) in [7, 11) is 0. The smallest absolute Gasteiger partial charge is 0.234 e. The van der Waals surface area contributed by atoms with Crippen molar-refractivity contribution in [1.29, 1.82) is 0 Å². The molecule has 20 heavy (non-hydrogen) atoms. The van der Waals surface area contributed by atoms with Gasteiger partial charge in [-0.2, -0.15) is 4.98 Å². The van der Waals surface area contributed by atoms with Gasteiger partial charge in [0, 0.05) is 11.8 Å². The van der Waals surface area contributed by atoms with Crippen LogP contribution in [0.3, 0.4) is 0 Å². The van der Waals surface area contributed by atoms with Gasteiger partial charge in [-0.3, -0.25) is 4.79 Å². The molecule has 1 aromatic heterocycles. The highest BCUT2D eigenvalue weighted by Crippen LogP contribution is 2.34. The maximum atomic E-state index is 12.1. The fourth-order valence-corrected chi connectivity index (χ4v) is 3.57. The molecular weight excluding hydrogens is 252 g/mol. The summed E-state index contributed by atoms with van der Waals surface area (Å²) in [5.41, 5.74) is 0. The van der Waals surface area contributed by atoms with Crippen LogP contribution >= 0.6 is 0 Å². The Morgan fingerprint density at radius 1 is 1.15 bits per heavy atom. The van der Waals surface area contributed by atoms with Crippen LogP contribution in [0.2, 0.25) is 0 Å². The minimum Gasteiger partial charge on any atom is -0.339 e. The molecule has 1 heterocycles. The molecule has 3 rings (SSSR count). The van der Waals surface area contributed by atoms with Crippen LogP contribution in [0, 0.1) is 11.8 Å². The molecule has 1 aromatic rings. The first kappa shape index (κ1) is 13.8. The van der Waals surface area contributed by atoms with Gasteiger partial charge >= 0.3 is 0 Å². The summed E-state index contributed by atoms with van der Waals surface area (Å²) >= 11 is 0. The maximum Gasteiger partial charge on any atom is 0.234 e. The van der Waals surface area contributed by atoms with Crippen molar-refractivity contribution in [1.82, 2.24) is 10.1 Å². The van der Waals surface area contributed by atoms with E-state index in [1.54, 1.807) is 0 Å². The Morgan fingerprint density at radius 3 is 2.55 bits per heavy atom. The van der Waals surface area contributed by atoms with E-state index in [0.717, 1.165) is 37.4 Å². The molecule has 110 valence electrons. The van der Waals surface area contributed by atoms with Crippen molar-refractivity contribution < 1.29 is 9.32 Å². The summed E-state index contributed by atoms with van der Waals surface area (Å²) in [6, 6.07) is 0. The third-order valence-corrected chi connectivity index (χ3v) is 5.00. The second-order valence-corrected chi connectivity index (χ2v) is 6.63.